The minimum atomic E-state index is -0.417. The summed E-state index contributed by atoms with van der Waals surface area (Å²) in [6, 6.07) is 2.93. The van der Waals surface area contributed by atoms with Crippen LogP contribution in [0.15, 0.2) is 23.7 Å². The van der Waals surface area contributed by atoms with Crippen molar-refractivity contribution >= 4 is 11.3 Å². The summed E-state index contributed by atoms with van der Waals surface area (Å²) in [5.41, 5.74) is 0.920. The molecule has 4 rings (SSSR count). The third kappa shape index (κ3) is 3.03. The molecule has 0 radical (unpaired) electrons. The van der Waals surface area contributed by atoms with Crippen molar-refractivity contribution < 1.29 is 13.9 Å². The minimum Gasteiger partial charge on any atom is -0.475 e. The largest absolute Gasteiger partial charge is 0.475 e. The van der Waals surface area contributed by atoms with Gasteiger partial charge in [-0.15, -0.1) is 11.3 Å². The topological polar surface area (TPSA) is 47.5 Å². The van der Waals surface area contributed by atoms with Crippen LogP contribution in [0.2, 0.25) is 0 Å². The molecule has 2 aliphatic rings. The average molecular weight is 349 g/mol. The molecule has 4 heterocycles. The predicted octanol–water partition coefficient (Wildman–Crippen LogP) is 2.66. The summed E-state index contributed by atoms with van der Waals surface area (Å²) in [4.78, 5) is 10.8. The Kier molecular flexibility index (Phi) is 4.24. The molecule has 0 N–H and O–H groups in total. The normalized spacial score (nSPS) is 22.7. The van der Waals surface area contributed by atoms with Gasteiger partial charge in [-0.05, 0) is 25.5 Å². The van der Waals surface area contributed by atoms with Crippen molar-refractivity contribution in [2.75, 3.05) is 26.3 Å². The van der Waals surface area contributed by atoms with Gasteiger partial charge in [-0.25, -0.2) is 14.4 Å². The fourth-order valence-electron chi connectivity index (χ4n) is 3.52. The van der Waals surface area contributed by atoms with Gasteiger partial charge in [0.2, 0.25) is 5.88 Å². The van der Waals surface area contributed by atoms with E-state index >= 15 is 0 Å². The standard InChI is InChI=1S/C17H20FN3O2S/c1-12-9-24-15(20-12)7-21-10-17(11-21)13(4-6-23-17)8-22-16-14(18)3-2-5-19-16/h2-3,5,9,13H,4,6-8,10-11H2,1H3/t13-/m1/s1. The molecule has 0 aliphatic carbocycles. The maximum atomic E-state index is 13.6. The lowest BCUT2D eigenvalue weighted by atomic mass is 9.81. The number of hydrogen-bond donors (Lipinski definition) is 0. The molecule has 2 aromatic rings. The second-order valence-electron chi connectivity index (χ2n) is 6.53. The zero-order chi connectivity index (χ0) is 16.6. The number of halogens is 1. The summed E-state index contributed by atoms with van der Waals surface area (Å²) in [5.74, 6) is -0.0676. The number of aryl methyl sites for hydroxylation is 1. The van der Waals surface area contributed by atoms with E-state index in [0.29, 0.717) is 6.61 Å². The molecule has 0 saturated carbocycles. The number of thiazole rings is 1. The van der Waals surface area contributed by atoms with E-state index in [1.807, 2.05) is 6.92 Å². The third-order valence-corrected chi connectivity index (χ3v) is 5.71. The second kappa shape index (κ2) is 6.38. The summed E-state index contributed by atoms with van der Waals surface area (Å²) >= 11 is 1.70. The number of likely N-dealkylation sites (tertiary alicyclic amines) is 1. The van der Waals surface area contributed by atoms with Crippen molar-refractivity contribution in [2.24, 2.45) is 5.92 Å². The van der Waals surface area contributed by atoms with E-state index in [0.717, 1.165) is 43.4 Å². The van der Waals surface area contributed by atoms with Crippen LogP contribution in [0, 0.1) is 18.7 Å². The molecule has 0 amide bonds. The zero-order valence-electron chi connectivity index (χ0n) is 13.6. The van der Waals surface area contributed by atoms with Gasteiger partial charge in [-0.2, -0.15) is 0 Å². The average Bonchev–Trinajstić information content (AvgIpc) is 3.13. The molecule has 1 spiro atoms. The Bertz CT molecular complexity index is 717. The molecule has 2 saturated heterocycles. The smallest absolute Gasteiger partial charge is 0.250 e. The van der Waals surface area contributed by atoms with Gasteiger partial charge in [0.15, 0.2) is 5.82 Å². The molecule has 1 atom stereocenters. The highest BCUT2D eigenvalue weighted by molar-refractivity contribution is 7.09. The molecule has 0 bridgehead atoms. The summed E-state index contributed by atoms with van der Waals surface area (Å²) in [6.07, 6.45) is 2.49. The Morgan fingerprint density at radius 3 is 3.12 bits per heavy atom. The number of ether oxygens (including phenoxy) is 2. The highest BCUT2D eigenvalue weighted by atomic mass is 32.1. The van der Waals surface area contributed by atoms with E-state index in [9.17, 15) is 4.39 Å². The Balaban J connectivity index is 1.33. The van der Waals surface area contributed by atoms with E-state index in [1.165, 1.54) is 6.07 Å². The number of nitrogens with zero attached hydrogens (tertiary/aromatic N) is 3. The van der Waals surface area contributed by atoms with Crippen molar-refractivity contribution in [2.45, 2.75) is 25.5 Å². The van der Waals surface area contributed by atoms with E-state index in [-0.39, 0.29) is 17.4 Å². The second-order valence-corrected chi connectivity index (χ2v) is 7.47. The van der Waals surface area contributed by atoms with Crippen molar-refractivity contribution in [3.63, 3.8) is 0 Å². The van der Waals surface area contributed by atoms with Crippen LogP contribution in [0.25, 0.3) is 0 Å². The van der Waals surface area contributed by atoms with Gasteiger partial charge in [0.25, 0.3) is 0 Å². The van der Waals surface area contributed by atoms with Crippen molar-refractivity contribution in [3.8, 4) is 5.88 Å². The van der Waals surface area contributed by atoms with Crippen LogP contribution in [0.4, 0.5) is 4.39 Å². The van der Waals surface area contributed by atoms with Crippen LogP contribution in [0.3, 0.4) is 0 Å². The number of hydrogen-bond acceptors (Lipinski definition) is 6. The van der Waals surface area contributed by atoms with Crippen LogP contribution >= 0.6 is 11.3 Å². The molecule has 24 heavy (non-hydrogen) atoms. The molecule has 7 heteroatoms. The van der Waals surface area contributed by atoms with Gasteiger partial charge in [0.05, 0.1) is 18.8 Å². The fourth-order valence-corrected chi connectivity index (χ4v) is 4.33. The summed E-state index contributed by atoms with van der Waals surface area (Å²) in [7, 11) is 0. The summed E-state index contributed by atoms with van der Waals surface area (Å²) < 4.78 is 25.3. The SMILES string of the molecule is Cc1csc(CN2CC3(C2)OCC[C@@H]3COc2ncccc2F)n1. The number of rotatable bonds is 5. The third-order valence-electron chi connectivity index (χ3n) is 4.75. The van der Waals surface area contributed by atoms with Crippen molar-refractivity contribution in [1.29, 1.82) is 0 Å². The van der Waals surface area contributed by atoms with Gasteiger partial charge in [0.1, 0.15) is 5.01 Å². The predicted molar refractivity (Wildman–Crippen MR) is 88.6 cm³/mol. The Hall–Kier alpha value is -1.57. The van der Waals surface area contributed by atoms with Crippen LogP contribution in [-0.4, -0.2) is 46.8 Å². The van der Waals surface area contributed by atoms with Crippen LogP contribution in [0.1, 0.15) is 17.1 Å². The fraction of sp³-hybridized carbons (Fsp3) is 0.529. The maximum Gasteiger partial charge on any atom is 0.250 e. The highest BCUT2D eigenvalue weighted by Gasteiger charge is 2.53. The van der Waals surface area contributed by atoms with Gasteiger partial charge in [0, 0.05) is 42.9 Å². The minimum absolute atomic E-state index is 0.0778. The molecular weight excluding hydrogens is 329 g/mol. The van der Waals surface area contributed by atoms with Gasteiger partial charge in [-0.1, -0.05) is 0 Å². The quantitative estimate of drug-likeness (QED) is 0.830. The molecule has 2 aromatic heterocycles. The van der Waals surface area contributed by atoms with Gasteiger partial charge in [-0.3, -0.25) is 4.90 Å². The molecule has 128 valence electrons. The summed E-state index contributed by atoms with van der Waals surface area (Å²) in [6.45, 7) is 5.82. The number of pyridine rings is 1. The molecule has 5 nitrogen and oxygen atoms in total. The lowest BCUT2D eigenvalue weighted by Gasteiger charge is -2.49. The Morgan fingerprint density at radius 2 is 2.38 bits per heavy atom. The van der Waals surface area contributed by atoms with Crippen LogP contribution < -0.4 is 4.74 Å². The first-order valence-corrected chi connectivity index (χ1v) is 9.03. The van der Waals surface area contributed by atoms with Gasteiger partial charge < -0.3 is 9.47 Å². The molecular formula is C17H20FN3O2S. The van der Waals surface area contributed by atoms with Crippen LogP contribution in [0.5, 0.6) is 5.88 Å². The highest BCUT2D eigenvalue weighted by Crippen LogP contribution is 2.40. The van der Waals surface area contributed by atoms with E-state index in [1.54, 1.807) is 23.6 Å². The lowest BCUT2D eigenvalue weighted by Crippen LogP contribution is -2.64. The first kappa shape index (κ1) is 15.9. The van der Waals surface area contributed by atoms with Crippen LogP contribution in [-0.2, 0) is 11.3 Å². The van der Waals surface area contributed by atoms with Crippen molar-refractivity contribution in [3.05, 3.63) is 40.2 Å². The zero-order valence-corrected chi connectivity index (χ0v) is 14.4. The maximum absolute atomic E-state index is 13.6. The Morgan fingerprint density at radius 1 is 1.50 bits per heavy atom. The first-order valence-electron chi connectivity index (χ1n) is 8.15. The summed E-state index contributed by atoms with van der Waals surface area (Å²) in [5, 5.41) is 3.22. The van der Waals surface area contributed by atoms with E-state index in [4.69, 9.17) is 9.47 Å². The molecule has 0 unspecified atom stereocenters. The molecule has 2 fully saturated rings. The monoisotopic (exact) mass is 349 g/mol. The van der Waals surface area contributed by atoms with E-state index in [2.05, 4.69) is 20.2 Å². The molecule has 0 aromatic carbocycles. The van der Waals surface area contributed by atoms with Crippen molar-refractivity contribution in [1.82, 2.24) is 14.9 Å². The molecule has 2 aliphatic heterocycles. The van der Waals surface area contributed by atoms with Gasteiger partial charge >= 0.3 is 0 Å². The number of aromatic nitrogens is 2. The first-order chi connectivity index (χ1) is 11.6. The lowest BCUT2D eigenvalue weighted by molar-refractivity contribution is -0.140. The van der Waals surface area contributed by atoms with E-state index < -0.39 is 5.82 Å². The Labute approximate surface area is 144 Å².